The molecular formula is C14H15BrN2O2. The summed E-state index contributed by atoms with van der Waals surface area (Å²) in [4.78, 5) is 8.70. The number of methoxy groups -OCH3 is 1. The van der Waals surface area contributed by atoms with Gasteiger partial charge in [0.1, 0.15) is 10.4 Å². The van der Waals surface area contributed by atoms with E-state index in [1.807, 2.05) is 38.1 Å². The van der Waals surface area contributed by atoms with Gasteiger partial charge >= 0.3 is 0 Å². The molecule has 0 N–H and O–H groups in total. The van der Waals surface area contributed by atoms with E-state index in [2.05, 4.69) is 25.9 Å². The average Bonchev–Trinajstić information content (AvgIpc) is 2.38. The molecular weight excluding hydrogens is 308 g/mol. The molecule has 4 nitrogen and oxygen atoms in total. The van der Waals surface area contributed by atoms with Gasteiger partial charge in [-0.15, -0.1) is 0 Å². The van der Waals surface area contributed by atoms with Gasteiger partial charge < -0.3 is 9.47 Å². The normalized spacial score (nSPS) is 10.6. The maximum atomic E-state index is 5.77. The van der Waals surface area contributed by atoms with Crippen LogP contribution in [0.3, 0.4) is 0 Å². The van der Waals surface area contributed by atoms with Crippen molar-refractivity contribution in [1.82, 2.24) is 9.97 Å². The lowest BCUT2D eigenvalue weighted by molar-refractivity contribution is 0.373. The Hall–Kier alpha value is -1.62. The van der Waals surface area contributed by atoms with Crippen molar-refractivity contribution in [2.45, 2.75) is 19.8 Å². The van der Waals surface area contributed by atoms with Crippen molar-refractivity contribution in [3.05, 3.63) is 40.8 Å². The van der Waals surface area contributed by atoms with Crippen molar-refractivity contribution in [2.75, 3.05) is 7.11 Å². The molecule has 0 radical (unpaired) electrons. The summed E-state index contributed by atoms with van der Waals surface area (Å²) in [6.07, 6.45) is 0. The van der Waals surface area contributed by atoms with Crippen LogP contribution in [0.4, 0.5) is 0 Å². The van der Waals surface area contributed by atoms with Crippen molar-refractivity contribution < 1.29 is 9.47 Å². The summed E-state index contributed by atoms with van der Waals surface area (Å²) < 4.78 is 11.7. The highest BCUT2D eigenvalue weighted by Crippen LogP contribution is 2.31. The molecule has 0 aliphatic heterocycles. The monoisotopic (exact) mass is 322 g/mol. The summed E-state index contributed by atoms with van der Waals surface area (Å²) in [6, 6.07) is 9.19. The standard InChI is InChI=1S/C14H15BrN2O2/c1-9(2)14-16-12(15)8-13(17-14)19-11-7-5-4-6-10(11)18-3/h4-9H,1-3H3. The van der Waals surface area contributed by atoms with E-state index >= 15 is 0 Å². The third-order valence-corrected chi connectivity index (χ3v) is 2.89. The molecule has 0 atom stereocenters. The minimum Gasteiger partial charge on any atom is -0.493 e. The molecule has 0 saturated carbocycles. The van der Waals surface area contributed by atoms with Crippen LogP contribution in [0.1, 0.15) is 25.6 Å². The number of aromatic nitrogens is 2. The van der Waals surface area contributed by atoms with Crippen LogP contribution >= 0.6 is 15.9 Å². The molecule has 2 rings (SSSR count). The van der Waals surface area contributed by atoms with Crippen molar-refractivity contribution in [3.63, 3.8) is 0 Å². The fourth-order valence-corrected chi connectivity index (χ4v) is 1.92. The Morgan fingerprint density at radius 2 is 1.79 bits per heavy atom. The second kappa shape index (κ2) is 6.02. The lowest BCUT2D eigenvalue weighted by Gasteiger charge is -2.11. The summed E-state index contributed by atoms with van der Waals surface area (Å²) in [5.41, 5.74) is 0. The topological polar surface area (TPSA) is 44.2 Å². The number of halogens is 1. The average molecular weight is 323 g/mol. The van der Waals surface area contributed by atoms with Crippen LogP contribution in [0.2, 0.25) is 0 Å². The van der Waals surface area contributed by atoms with E-state index in [9.17, 15) is 0 Å². The zero-order valence-corrected chi connectivity index (χ0v) is 12.6. The lowest BCUT2D eigenvalue weighted by atomic mass is 10.2. The number of rotatable bonds is 4. The Kier molecular flexibility index (Phi) is 4.37. The number of hydrogen-bond donors (Lipinski definition) is 0. The minimum atomic E-state index is 0.234. The van der Waals surface area contributed by atoms with Gasteiger partial charge in [0.25, 0.3) is 0 Å². The predicted molar refractivity (Wildman–Crippen MR) is 76.9 cm³/mol. The molecule has 19 heavy (non-hydrogen) atoms. The molecule has 5 heteroatoms. The van der Waals surface area contributed by atoms with E-state index in [1.54, 1.807) is 13.2 Å². The van der Waals surface area contributed by atoms with Crippen molar-refractivity contribution in [1.29, 1.82) is 0 Å². The second-order valence-corrected chi connectivity index (χ2v) is 5.11. The Bertz CT molecular complexity index is 573. The molecule has 0 bridgehead atoms. The number of benzene rings is 1. The highest BCUT2D eigenvalue weighted by Gasteiger charge is 2.10. The highest BCUT2D eigenvalue weighted by molar-refractivity contribution is 9.10. The van der Waals surface area contributed by atoms with Gasteiger partial charge in [0.15, 0.2) is 11.5 Å². The predicted octanol–water partition coefficient (Wildman–Crippen LogP) is 4.16. The molecule has 1 aromatic carbocycles. The SMILES string of the molecule is COc1ccccc1Oc1cc(Br)nc(C(C)C)n1. The lowest BCUT2D eigenvalue weighted by Crippen LogP contribution is -2.00. The van der Waals surface area contributed by atoms with Crippen LogP contribution in [-0.4, -0.2) is 17.1 Å². The van der Waals surface area contributed by atoms with Crippen LogP contribution in [0.5, 0.6) is 17.4 Å². The zero-order chi connectivity index (χ0) is 13.8. The molecule has 0 fully saturated rings. The molecule has 100 valence electrons. The third kappa shape index (κ3) is 3.44. The maximum Gasteiger partial charge on any atom is 0.223 e. The summed E-state index contributed by atoms with van der Waals surface area (Å²) >= 11 is 3.37. The Morgan fingerprint density at radius 1 is 1.11 bits per heavy atom. The van der Waals surface area contributed by atoms with Gasteiger partial charge in [-0.2, -0.15) is 4.98 Å². The first-order valence-corrected chi connectivity index (χ1v) is 6.75. The van der Waals surface area contributed by atoms with Gasteiger partial charge in [-0.05, 0) is 28.1 Å². The van der Waals surface area contributed by atoms with Crippen molar-refractivity contribution in [3.8, 4) is 17.4 Å². The largest absolute Gasteiger partial charge is 0.493 e. The van der Waals surface area contributed by atoms with E-state index in [0.717, 1.165) is 5.82 Å². The Labute approximate surface area is 120 Å². The van der Waals surface area contributed by atoms with E-state index in [0.29, 0.717) is 22.0 Å². The van der Waals surface area contributed by atoms with Crippen LogP contribution in [0, 0.1) is 0 Å². The quantitative estimate of drug-likeness (QED) is 0.793. The van der Waals surface area contributed by atoms with Crippen molar-refractivity contribution in [2.24, 2.45) is 0 Å². The molecule has 1 aromatic heterocycles. The van der Waals surface area contributed by atoms with E-state index in [-0.39, 0.29) is 5.92 Å². The number of hydrogen-bond acceptors (Lipinski definition) is 4. The molecule has 0 aliphatic carbocycles. The van der Waals surface area contributed by atoms with E-state index in [4.69, 9.17) is 9.47 Å². The highest BCUT2D eigenvalue weighted by atomic mass is 79.9. The molecule has 0 amide bonds. The van der Waals surface area contributed by atoms with Crippen LogP contribution in [-0.2, 0) is 0 Å². The van der Waals surface area contributed by atoms with Gasteiger partial charge in [0.2, 0.25) is 5.88 Å². The van der Waals surface area contributed by atoms with E-state index < -0.39 is 0 Å². The molecule has 2 aromatic rings. The maximum absolute atomic E-state index is 5.77. The van der Waals surface area contributed by atoms with E-state index in [1.165, 1.54) is 0 Å². The number of ether oxygens (including phenoxy) is 2. The fraction of sp³-hybridized carbons (Fsp3) is 0.286. The van der Waals surface area contributed by atoms with Crippen LogP contribution < -0.4 is 9.47 Å². The fourth-order valence-electron chi connectivity index (χ4n) is 1.54. The third-order valence-electron chi connectivity index (χ3n) is 2.49. The minimum absolute atomic E-state index is 0.234. The van der Waals surface area contributed by atoms with Crippen LogP contribution in [0.25, 0.3) is 0 Å². The summed E-state index contributed by atoms with van der Waals surface area (Å²) in [7, 11) is 1.61. The number of para-hydroxylation sites is 2. The molecule has 0 saturated heterocycles. The molecule has 0 spiro atoms. The van der Waals surface area contributed by atoms with Gasteiger partial charge in [-0.1, -0.05) is 26.0 Å². The first-order valence-electron chi connectivity index (χ1n) is 5.95. The van der Waals surface area contributed by atoms with Gasteiger partial charge in [-0.25, -0.2) is 4.98 Å². The Morgan fingerprint density at radius 3 is 2.42 bits per heavy atom. The summed E-state index contributed by atoms with van der Waals surface area (Å²) in [5, 5.41) is 0. The molecule has 0 aliphatic rings. The first kappa shape index (κ1) is 13.8. The van der Waals surface area contributed by atoms with Gasteiger partial charge in [-0.3, -0.25) is 0 Å². The smallest absolute Gasteiger partial charge is 0.223 e. The zero-order valence-electron chi connectivity index (χ0n) is 11.1. The molecule has 1 heterocycles. The second-order valence-electron chi connectivity index (χ2n) is 4.29. The van der Waals surface area contributed by atoms with Gasteiger partial charge in [0, 0.05) is 12.0 Å². The summed E-state index contributed by atoms with van der Waals surface area (Å²) in [6.45, 7) is 4.07. The van der Waals surface area contributed by atoms with Crippen LogP contribution in [0.15, 0.2) is 34.9 Å². The van der Waals surface area contributed by atoms with Gasteiger partial charge in [0.05, 0.1) is 7.11 Å². The number of nitrogens with zero attached hydrogens (tertiary/aromatic N) is 2. The molecule has 0 unspecified atom stereocenters. The Balaban J connectivity index is 2.32. The van der Waals surface area contributed by atoms with Crippen molar-refractivity contribution >= 4 is 15.9 Å². The summed E-state index contributed by atoms with van der Waals surface area (Å²) in [5.74, 6) is 2.76. The first-order chi connectivity index (χ1) is 9.10.